The summed E-state index contributed by atoms with van der Waals surface area (Å²) in [6.07, 6.45) is 0. The van der Waals surface area contributed by atoms with E-state index in [1.807, 2.05) is 37.3 Å². The maximum atomic E-state index is 12.7. The molecule has 3 aromatic carbocycles. The lowest BCUT2D eigenvalue weighted by Crippen LogP contribution is -2.27. The smallest absolute Gasteiger partial charge is 0.262 e. The van der Waals surface area contributed by atoms with Crippen LogP contribution in [0.2, 0.25) is 10.0 Å². The fourth-order valence-electron chi connectivity index (χ4n) is 2.93. The molecule has 0 fully saturated rings. The molecule has 168 valence electrons. The molecule has 0 heterocycles. The van der Waals surface area contributed by atoms with Crippen LogP contribution in [0.1, 0.15) is 24.1 Å². The third kappa shape index (κ3) is 6.23. The van der Waals surface area contributed by atoms with Gasteiger partial charge in [0.2, 0.25) is 10.0 Å². The SMILES string of the molecule is Cc1ccc(Cl)cc1NC(=O)COc1ccc(S(=O)(=O)N[C@@H](C)c2ccccc2)cc1Cl. The van der Waals surface area contributed by atoms with Crippen molar-refractivity contribution in [3.05, 3.63) is 87.9 Å². The Kier molecular flexibility index (Phi) is 7.79. The van der Waals surface area contributed by atoms with Crippen LogP contribution >= 0.6 is 23.2 Å². The Morgan fingerprint density at radius 1 is 1.03 bits per heavy atom. The molecule has 2 N–H and O–H groups in total. The largest absolute Gasteiger partial charge is 0.482 e. The Morgan fingerprint density at radius 2 is 1.75 bits per heavy atom. The number of sulfonamides is 1. The first-order valence-electron chi connectivity index (χ1n) is 9.71. The average molecular weight is 493 g/mol. The van der Waals surface area contributed by atoms with E-state index in [1.54, 1.807) is 25.1 Å². The molecule has 0 bridgehead atoms. The van der Waals surface area contributed by atoms with Crippen LogP contribution in [0.4, 0.5) is 5.69 Å². The van der Waals surface area contributed by atoms with Gasteiger partial charge >= 0.3 is 0 Å². The second-order valence-corrected chi connectivity index (χ2v) is 9.70. The number of ether oxygens (including phenoxy) is 1. The Hall–Kier alpha value is -2.58. The van der Waals surface area contributed by atoms with Crippen molar-refractivity contribution in [1.29, 1.82) is 0 Å². The van der Waals surface area contributed by atoms with E-state index >= 15 is 0 Å². The number of benzene rings is 3. The molecule has 0 saturated carbocycles. The molecule has 6 nitrogen and oxygen atoms in total. The molecule has 3 rings (SSSR count). The molecule has 0 spiro atoms. The Balaban J connectivity index is 1.64. The molecule has 3 aromatic rings. The summed E-state index contributed by atoms with van der Waals surface area (Å²) in [5, 5.41) is 3.29. The van der Waals surface area contributed by atoms with Gasteiger partial charge < -0.3 is 10.1 Å². The van der Waals surface area contributed by atoms with Gasteiger partial charge in [-0.3, -0.25) is 4.79 Å². The van der Waals surface area contributed by atoms with Crippen LogP contribution in [0.3, 0.4) is 0 Å². The fraction of sp³-hybridized carbons (Fsp3) is 0.174. The number of nitrogens with one attached hydrogen (secondary N) is 2. The zero-order chi connectivity index (χ0) is 23.3. The molecule has 0 unspecified atom stereocenters. The van der Waals surface area contributed by atoms with E-state index in [0.29, 0.717) is 10.7 Å². The first-order valence-corrected chi connectivity index (χ1v) is 12.0. The third-order valence-electron chi connectivity index (χ3n) is 4.68. The lowest BCUT2D eigenvalue weighted by atomic mass is 10.1. The van der Waals surface area contributed by atoms with Crippen LogP contribution in [0.25, 0.3) is 0 Å². The number of halogens is 2. The predicted molar refractivity (Wildman–Crippen MR) is 127 cm³/mol. The standard InChI is InChI=1S/C23H22Cl2N2O4S/c1-15-8-9-18(24)12-21(15)26-23(28)14-31-22-11-10-19(13-20(22)25)32(29,30)27-16(2)17-6-4-3-5-7-17/h3-13,16,27H,14H2,1-2H3,(H,26,28)/t16-/m0/s1. The number of aryl methyl sites for hydroxylation is 1. The van der Waals surface area contributed by atoms with Crippen LogP contribution in [0.15, 0.2) is 71.6 Å². The molecule has 0 radical (unpaired) electrons. The molecule has 0 aliphatic heterocycles. The molecule has 1 atom stereocenters. The van der Waals surface area contributed by atoms with E-state index < -0.39 is 22.0 Å². The maximum absolute atomic E-state index is 12.7. The van der Waals surface area contributed by atoms with Crippen molar-refractivity contribution < 1.29 is 17.9 Å². The number of hydrogen-bond acceptors (Lipinski definition) is 4. The van der Waals surface area contributed by atoms with Gasteiger partial charge in [0, 0.05) is 16.8 Å². The van der Waals surface area contributed by atoms with Crippen molar-refractivity contribution in [2.75, 3.05) is 11.9 Å². The summed E-state index contributed by atoms with van der Waals surface area (Å²) >= 11 is 12.2. The number of rotatable bonds is 8. The highest BCUT2D eigenvalue weighted by Crippen LogP contribution is 2.28. The number of anilines is 1. The second-order valence-electron chi connectivity index (χ2n) is 7.14. The summed E-state index contributed by atoms with van der Waals surface area (Å²) in [5.41, 5.74) is 2.27. The maximum Gasteiger partial charge on any atom is 0.262 e. The summed E-state index contributed by atoms with van der Waals surface area (Å²) in [6, 6.07) is 18.0. The van der Waals surface area contributed by atoms with Gasteiger partial charge in [-0.1, -0.05) is 59.6 Å². The normalized spacial score (nSPS) is 12.2. The Bertz CT molecular complexity index is 1220. The van der Waals surface area contributed by atoms with Gasteiger partial charge in [-0.05, 0) is 55.3 Å². The summed E-state index contributed by atoms with van der Waals surface area (Å²) in [6.45, 7) is 3.29. The lowest BCUT2D eigenvalue weighted by molar-refractivity contribution is -0.118. The molecule has 9 heteroatoms. The summed E-state index contributed by atoms with van der Waals surface area (Å²) in [7, 11) is -3.81. The number of amides is 1. The van der Waals surface area contributed by atoms with Crippen LogP contribution in [-0.2, 0) is 14.8 Å². The van der Waals surface area contributed by atoms with Crippen LogP contribution < -0.4 is 14.8 Å². The van der Waals surface area contributed by atoms with E-state index in [4.69, 9.17) is 27.9 Å². The van der Waals surface area contributed by atoms with E-state index in [1.165, 1.54) is 18.2 Å². The Morgan fingerprint density at radius 3 is 2.44 bits per heavy atom. The summed E-state index contributed by atoms with van der Waals surface area (Å²) in [5.74, 6) is -0.207. The van der Waals surface area contributed by atoms with Crippen molar-refractivity contribution in [1.82, 2.24) is 4.72 Å². The molecule has 0 saturated heterocycles. The minimum Gasteiger partial charge on any atom is -0.482 e. The predicted octanol–water partition coefficient (Wildman–Crippen LogP) is 5.36. The topological polar surface area (TPSA) is 84.5 Å². The fourth-order valence-corrected chi connectivity index (χ4v) is 4.66. The van der Waals surface area contributed by atoms with Gasteiger partial charge in [0.25, 0.3) is 5.91 Å². The molecule has 0 aromatic heterocycles. The highest BCUT2D eigenvalue weighted by Gasteiger charge is 2.20. The van der Waals surface area contributed by atoms with Crippen molar-refractivity contribution in [2.45, 2.75) is 24.8 Å². The average Bonchev–Trinajstić information content (AvgIpc) is 2.75. The molecular formula is C23H22Cl2N2O4S. The van der Waals surface area contributed by atoms with Crippen molar-refractivity contribution in [3.8, 4) is 5.75 Å². The minimum atomic E-state index is -3.81. The van der Waals surface area contributed by atoms with Crippen molar-refractivity contribution >= 4 is 44.8 Å². The molecule has 32 heavy (non-hydrogen) atoms. The van der Waals surface area contributed by atoms with E-state index in [0.717, 1.165) is 11.1 Å². The second kappa shape index (κ2) is 10.4. The Labute approximate surface area is 197 Å². The van der Waals surface area contributed by atoms with Crippen LogP contribution in [0.5, 0.6) is 5.75 Å². The van der Waals surface area contributed by atoms with Crippen molar-refractivity contribution in [2.24, 2.45) is 0 Å². The summed E-state index contributed by atoms with van der Waals surface area (Å²) < 4.78 is 33.5. The zero-order valence-corrected chi connectivity index (χ0v) is 19.8. The summed E-state index contributed by atoms with van der Waals surface area (Å²) in [4.78, 5) is 12.2. The van der Waals surface area contributed by atoms with Gasteiger partial charge in [0.15, 0.2) is 6.61 Å². The molecule has 1 amide bonds. The number of carbonyl (C=O) groups excluding carboxylic acids is 1. The highest BCUT2D eigenvalue weighted by molar-refractivity contribution is 7.89. The number of hydrogen-bond donors (Lipinski definition) is 2. The van der Waals surface area contributed by atoms with Crippen LogP contribution in [0, 0.1) is 6.92 Å². The van der Waals surface area contributed by atoms with Gasteiger partial charge in [-0.15, -0.1) is 0 Å². The van der Waals surface area contributed by atoms with Gasteiger partial charge in [0.05, 0.1) is 9.92 Å². The van der Waals surface area contributed by atoms with Gasteiger partial charge in [0.1, 0.15) is 5.75 Å². The van der Waals surface area contributed by atoms with Gasteiger partial charge in [-0.25, -0.2) is 13.1 Å². The molecule has 0 aliphatic carbocycles. The quantitative estimate of drug-likeness (QED) is 0.443. The lowest BCUT2D eigenvalue weighted by Gasteiger charge is -2.15. The van der Waals surface area contributed by atoms with E-state index in [2.05, 4.69) is 10.0 Å². The highest BCUT2D eigenvalue weighted by atomic mass is 35.5. The first-order chi connectivity index (χ1) is 15.2. The monoisotopic (exact) mass is 492 g/mol. The third-order valence-corrected chi connectivity index (χ3v) is 6.75. The van der Waals surface area contributed by atoms with Crippen LogP contribution in [-0.4, -0.2) is 20.9 Å². The zero-order valence-electron chi connectivity index (χ0n) is 17.4. The van der Waals surface area contributed by atoms with E-state index in [9.17, 15) is 13.2 Å². The molecular weight excluding hydrogens is 471 g/mol. The minimum absolute atomic E-state index is 0.00312. The van der Waals surface area contributed by atoms with Gasteiger partial charge in [-0.2, -0.15) is 0 Å². The first kappa shape index (κ1) is 24.1. The molecule has 0 aliphatic rings. The van der Waals surface area contributed by atoms with Crippen molar-refractivity contribution in [3.63, 3.8) is 0 Å². The van der Waals surface area contributed by atoms with E-state index in [-0.39, 0.29) is 22.3 Å². The number of carbonyl (C=O) groups is 1.